The molecular weight excluding hydrogens is 416 g/mol. The van der Waals surface area contributed by atoms with Crippen molar-refractivity contribution < 1.29 is 14.3 Å². The molecule has 0 N–H and O–H groups in total. The molecule has 1 unspecified atom stereocenters. The zero-order valence-electron chi connectivity index (χ0n) is 19.4. The second-order valence-corrected chi connectivity index (χ2v) is 8.12. The van der Waals surface area contributed by atoms with Crippen molar-refractivity contribution in [2.75, 3.05) is 37.7 Å². The molecule has 33 heavy (non-hydrogen) atoms. The van der Waals surface area contributed by atoms with Crippen molar-refractivity contribution in [1.82, 2.24) is 15.1 Å². The number of piperazine rings is 1. The standard InChI is InChI=1S/C26H30N4O3/c1-4-32-22-9-11-23(12-10-22)33-20(3)26(31)30-17-15-29(16-18-30)25-14-13-24(27-28-25)21-7-5-19(2)6-8-21/h5-14,20H,4,15-18H2,1-3H3. The van der Waals surface area contributed by atoms with Crippen LogP contribution >= 0.6 is 0 Å². The molecule has 0 saturated carbocycles. The summed E-state index contributed by atoms with van der Waals surface area (Å²) in [5.74, 6) is 2.26. The Morgan fingerprint density at radius 2 is 1.58 bits per heavy atom. The van der Waals surface area contributed by atoms with E-state index in [0.29, 0.717) is 38.5 Å². The van der Waals surface area contributed by atoms with Gasteiger partial charge in [0.2, 0.25) is 0 Å². The van der Waals surface area contributed by atoms with Gasteiger partial charge in [0, 0.05) is 31.7 Å². The Bertz CT molecular complexity index is 1040. The molecule has 7 heteroatoms. The number of rotatable bonds is 7. The smallest absolute Gasteiger partial charge is 0.263 e. The Balaban J connectivity index is 1.29. The maximum absolute atomic E-state index is 12.9. The number of aromatic nitrogens is 2. The fourth-order valence-electron chi connectivity index (χ4n) is 3.82. The summed E-state index contributed by atoms with van der Waals surface area (Å²) in [6, 6.07) is 19.6. The number of benzene rings is 2. The molecule has 0 spiro atoms. The molecule has 1 aromatic heterocycles. The van der Waals surface area contributed by atoms with Gasteiger partial charge in [-0.3, -0.25) is 4.79 Å². The van der Waals surface area contributed by atoms with E-state index in [0.717, 1.165) is 22.8 Å². The predicted octanol–water partition coefficient (Wildman–Crippen LogP) is 3.97. The predicted molar refractivity (Wildman–Crippen MR) is 129 cm³/mol. The summed E-state index contributed by atoms with van der Waals surface area (Å²) in [6.07, 6.45) is -0.553. The van der Waals surface area contributed by atoms with Crippen molar-refractivity contribution in [3.05, 3.63) is 66.2 Å². The van der Waals surface area contributed by atoms with Crippen molar-refractivity contribution in [2.24, 2.45) is 0 Å². The molecule has 0 aliphatic carbocycles. The second kappa shape index (κ2) is 10.3. The summed E-state index contributed by atoms with van der Waals surface area (Å²) in [4.78, 5) is 16.9. The van der Waals surface area contributed by atoms with Gasteiger partial charge in [0.1, 0.15) is 11.5 Å². The van der Waals surface area contributed by atoms with Gasteiger partial charge >= 0.3 is 0 Å². The molecule has 1 amide bonds. The van der Waals surface area contributed by atoms with Crippen LogP contribution in [0.1, 0.15) is 19.4 Å². The van der Waals surface area contributed by atoms with Crippen LogP contribution in [0.15, 0.2) is 60.7 Å². The van der Waals surface area contributed by atoms with Crippen LogP contribution in [-0.2, 0) is 4.79 Å². The third kappa shape index (κ3) is 5.61. The minimum Gasteiger partial charge on any atom is -0.494 e. The van der Waals surface area contributed by atoms with E-state index >= 15 is 0 Å². The van der Waals surface area contributed by atoms with Crippen LogP contribution in [0.4, 0.5) is 5.82 Å². The lowest BCUT2D eigenvalue weighted by Gasteiger charge is -2.36. The SMILES string of the molecule is CCOc1ccc(OC(C)C(=O)N2CCN(c3ccc(-c4ccc(C)cc4)nn3)CC2)cc1. The van der Waals surface area contributed by atoms with Crippen LogP contribution in [0.5, 0.6) is 11.5 Å². The zero-order valence-corrected chi connectivity index (χ0v) is 19.4. The first-order valence-electron chi connectivity index (χ1n) is 11.4. The molecule has 2 heterocycles. The quantitative estimate of drug-likeness (QED) is 0.547. The molecule has 172 valence electrons. The number of nitrogens with zero attached hydrogens (tertiary/aromatic N) is 4. The average molecular weight is 447 g/mol. The molecule has 3 aromatic rings. The van der Waals surface area contributed by atoms with Gasteiger partial charge in [-0.2, -0.15) is 0 Å². The molecule has 1 atom stereocenters. The van der Waals surface area contributed by atoms with Gasteiger partial charge in [-0.25, -0.2) is 0 Å². The highest BCUT2D eigenvalue weighted by atomic mass is 16.5. The Labute approximate surface area is 195 Å². The first kappa shape index (κ1) is 22.6. The van der Waals surface area contributed by atoms with E-state index in [4.69, 9.17) is 9.47 Å². The number of amides is 1. The summed E-state index contributed by atoms with van der Waals surface area (Å²) in [5.41, 5.74) is 3.12. The first-order valence-corrected chi connectivity index (χ1v) is 11.4. The van der Waals surface area contributed by atoms with Gasteiger partial charge in [-0.05, 0) is 57.2 Å². The summed E-state index contributed by atoms with van der Waals surface area (Å²) < 4.78 is 11.3. The molecule has 1 aliphatic rings. The molecule has 1 fully saturated rings. The third-order valence-electron chi connectivity index (χ3n) is 5.71. The van der Waals surface area contributed by atoms with Crippen LogP contribution in [0.25, 0.3) is 11.3 Å². The Hall–Kier alpha value is -3.61. The van der Waals surface area contributed by atoms with Crippen molar-refractivity contribution >= 4 is 11.7 Å². The van der Waals surface area contributed by atoms with E-state index in [1.165, 1.54) is 5.56 Å². The van der Waals surface area contributed by atoms with Gasteiger partial charge in [0.05, 0.1) is 12.3 Å². The lowest BCUT2D eigenvalue weighted by atomic mass is 10.1. The molecular formula is C26H30N4O3. The maximum atomic E-state index is 12.9. The molecule has 1 saturated heterocycles. The third-order valence-corrected chi connectivity index (χ3v) is 5.71. The number of carbonyl (C=O) groups is 1. The molecule has 2 aromatic carbocycles. The highest BCUT2D eigenvalue weighted by molar-refractivity contribution is 5.81. The Morgan fingerprint density at radius 1 is 0.909 bits per heavy atom. The number of carbonyl (C=O) groups excluding carboxylic acids is 1. The highest BCUT2D eigenvalue weighted by Crippen LogP contribution is 2.21. The monoisotopic (exact) mass is 446 g/mol. The van der Waals surface area contributed by atoms with Crippen molar-refractivity contribution in [1.29, 1.82) is 0 Å². The fraction of sp³-hybridized carbons (Fsp3) is 0.346. The minimum atomic E-state index is -0.553. The Kier molecular flexibility index (Phi) is 7.07. The topological polar surface area (TPSA) is 67.8 Å². The fourth-order valence-corrected chi connectivity index (χ4v) is 3.82. The van der Waals surface area contributed by atoms with Crippen LogP contribution in [0.3, 0.4) is 0 Å². The van der Waals surface area contributed by atoms with Crippen LogP contribution < -0.4 is 14.4 Å². The lowest BCUT2D eigenvalue weighted by molar-refractivity contribution is -0.138. The van der Waals surface area contributed by atoms with E-state index in [9.17, 15) is 4.79 Å². The number of hydrogen-bond acceptors (Lipinski definition) is 6. The zero-order chi connectivity index (χ0) is 23.2. The van der Waals surface area contributed by atoms with Crippen molar-refractivity contribution in [2.45, 2.75) is 26.9 Å². The minimum absolute atomic E-state index is 0.00987. The van der Waals surface area contributed by atoms with Gasteiger partial charge in [-0.15, -0.1) is 10.2 Å². The lowest BCUT2D eigenvalue weighted by Crippen LogP contribution is -2.52. The molecule has 0 bridgehead atoms. The van der Waals surface area contributed by atoms with Crippen LogP contribution in [0, 0.1) is 6.92 Å². The van der Waals surface area contributed by atoms with Gasteiger partial charge in [0.15, 0.2) is 11.9 Å². The normalized spacial score (nSPS) is 14.6. The average Bonchev–Trinajstić information content (AvgIpc) is 2.86. The summed E-state index contributed by atoms with van der Waals surface area (Å²) >= 11 is 0. The Morgan fingerprint density at radius 3 is 2.18 bits per heavy atom. The number of anilines is 1. The molecule has 7 nitrogen and oxygen atoms in total. The van der Waals surface area contributed by atoms with Crippen LogP contribution in [0.2, 0.25) is 0 Å². The van der Waals surface area contributed by atoms with E-state index in [1.807, 2.05) is 48.2 Å². The van der Waals surface area contributed by atoms with E-state index in [1.54, 1.807) is 6.92 Å². The van der Waals surface area contributed by atoms with Gasteiger partial charge in [0.25, 0.3) is 5.91 Å². The second-order valence-electron chi connectivity index (χ2n) is 8.12. The number of hydrogen-bond donors (Lipinski definition) is 0. The van der Waals surface area contributed by atoms with Gasteiger partial charge < -0.3 is 19.3 Å². The largest absolute Gasteiger partial charge is 0.494 e. The number of ether oxygens (including phenoxy) is 2. The summed E-state index contributed by atoms with van der Waals surface area (Å²) in [5, 5.41) is 8.82. The van der Waals surface area contributed by atoms with Crippen molar-refractivity contribution in [3.8, 4) is 22.8 Å². The first-order chi connectivity index (χ1) is 16.0. The molecule has 4 rings (SSSR count). The number of aryl methyl sites for hydroxylation is 1. The van der Waals surface area contributed by atoms with E-state index in [2.05, 4.69) is 46.3 Å². The van der Waals surface area contributed by atoms with Gasteiger partial charge in [-0.1, -0.05) is 29.8 Å². The molecule has 0 radical (unpaired) electrons. The van der Waals surface area contributed by atoms with Crippen LogP contribution in [-0.4, -0.2) is 59.9 Å². The summed E-state index contributed by atoms with van der Waals surface area (Å²) in [6.45, 7) is 9.08. The van der Waals surface area contributed by atoms with Crippen molar-refractivity contribution in [3.63, 3.8) is 0 Å². The summed E-state index contributed by atoms with van der Waals surface area (Å²) in [7, 11) is 0. The van der Waals surface area contributed by atoms with E-state index in [-0.39, 0.29) is 5.91 Å². The van der Waals surface area contributed by atoms with E-state index < -0.39 is 6.10 Å². The maximum Gasteiger partial charge on any atom is 0.263 e. The highest BCUT2D eigenvalue weighted by Gasteiger charge is 2.26. The molecule has 1 aliphatic heterocycles.